The standard InChI is InChI=1S/C29H41N3O3/c1-20(34)21(19-33)16-27-29(35)32(28-15-8-7-14-26(28)30-27)25-17-23-12-9-13-24(18-25)31(23)22-10-5-3-2-4-6-11-22/h7-8,14-15,21-25,33H,2-6,9-13,16-19H2,1H3/t21-,23-,24+,25?/m1/s1. The summed E-state index contributed by atoms with van der Waals surface area (Å²) in [7, 11) is 0. The Morgan fingerprint density at radius 3 is 2.23 bits per heavy atom. The van der Waals surface area contributed by atoms with Crippen molar-refractivity contribution in [2.75, 3.05) is 6.61 Å². The third-order valence-corrected chi connectivity index (χ3v) is 8.97. The van der Waals surface area contributed by atoms with Crippen LogP contribution in [0.5, 0.6) is 0 Å². The van der Waals surface area contributed by atoms with E-state index in [2.05, 4.69) is 9.88 Å². The number of carbonyl (C=O) groups excluding carboxylic acids is 1. The number of hydrogen-bond donors (Lipinski definition) is 1. The summed E-state index contributed by atoms with van der Waals surface area (Å²) in [6, 6.07) is 9.85. The van der Waals surface area contributed by atoms with Crippen molar-refractivity contribution in [3.05, 3.63) is 40.3 Å². The summed E-state index contributed by atoms with van der Waals surface area (Å²) in [5.74, 6) is -0.680. The fourth-order valence-corrected chi connectivity index (χ4v) is 7.20. The second kappa shape index (κ2) is 10.9. The van der Waals surface area contributed by atoms with E-state index in [0.717, 1.165) is 23.9 Å². The van der Waals surface area contributed by atoms with Crippen molar-refractivity contribution in [1.82, 2.24) is 14.5 Å². The lowest BCUT2D eigenvalue weighted by atomic mass is 9.79. The molecule has 0 amide bonds. The average molecular weight is 480 g/mol. The molecule has 2 aromatic rings. The maximum atomic E-state index is 13.8. The van der Waals surface area contributed by atoms with Gasteiger partial charge in [0.2, 0.25) is 0 Å². The molecule has 2 saturated heterocycles. The van der Waals surface area contributed by atoms with Crippen molar-refractivity contribution < 1.29 is 9.90 Å². The van der Waals surface area contributed by atoms with Gasteiger partial charge in [-0.25, -0.2) is 4.98 Å². The summed E-state index contributed by atoms with van der Waals surface area (Å²) in [5, 5.41) is 9.72. The van der Waals surface area contributed by atoms with Gasteiger partial charge in [-0.1, -0.05) is 50.7 Å². The molecular weight excluding hydrogens is 438 g/mol. The summed E-state index contributed by atoms with van der Waals surface area (Å²) in [6.45, 7) is 1.22. The molecule has 1 saturated carbocycles. The zero-order valence-corrected chi connectivity index (χ0v) is 21.2. The van der Waals surface area contributed by atoms with Gasteiger partial charge in [-0.2, -0.15) is 0 Å². The Morgan fingerprint density at radius 1 is 0.943 bits per heavy atom. The van der Waals surface area contributed by atoms with E-state index >= 15 is 0 Å². The van der Waals surface area contributed by atoms with E-state index in [0.29, 0.717) is 23.8 Å². The van der Waals surface area contributed by atoms with Crippen LogP contribution in [0.3, 0.4) is 0 Å². The second-order valence-electron chi connectivity index (χ2n) is 11.2. The molecule has 6 heteroatoms. The first-order valence-electron chi connectivity index (χ1n) is 14.0. The fraction of sp³-hybridized carbons (Fsp3) is 0.690. The van der Waals surface area contributed by atoms with Crippen LogP contribution in [0.1, 0.15) is 95.7 Å². The Bertz CT molecular complexity index is 1070. The van der Waals surface area contributed by atoms with Gasteiger partial charge in [-0.3, -0.25) is 14.5 Å². The molecule has 1 N–H and O–H groups in total. The van der Waals surface area contributed by atoms with Crippen molar-refractivity contribution in [3.63, 3.8) is 0 Å². The third-order valence-electron chi connectivity index (χ3n) is 8.97. The first kappa shape index (κ1) is 24.6. The number of fused-ring (bicyclic) bond motifs is 3. The van der Waals surface area contributed by atoms with E-state index in [9.17, 15) is 14.7 Å². The fourth-order valence-electron chi connectivity index (χ4n) is 7.20. The van der Waals surface area contributed by atoms with Crippen LogP contribution in [0, 0.1) is 5.92 Å². The quantitative estimate of drug-likeness (QED) is 0.644. The summed E-state index contributed by atoms with van der Waals surface area (Å²) < 4.78 is 2.01. The summed E-state index contributed by atoms with van der Waals surface area (Å²) >= 11 is 0. The first-order valence-corrected chi connectivity index (χ1v) is 14.0. The molecule has 5 rings (SSSR count). The summed E-state index contributed by atoms with van der Waals surface area (Å²) in [6.07, 6.45) is 15.5. The largest absolute Gasteiger partial charge is 0.396 e. The maximum absolute atomic E-state index is 13.8. The lowest BCUT2D eigenvalue weighted by Gasteiger charge is -2.53. The SMILES string of the molecule is CC(=O)[C@@H](CO)Cc1nc2ccccc2n(C2C[C@H]3CCC[C@@H](C2)N3C2CCCCCCC2)c1=O. The molecule has 3 aliphatic rings. The number of aliphatic hydroxyl groups is 1. The molecule has 1 aromatic carbocycles. The van der Waals surface area contributed by atoms with Crippen molar-refractivity contribution in [3.8, 4) is 0 Å². The molecule has 2 bridgehead atoms. The van der Waals surface area contributed by atoms with E-state index in [1.807, 2.05) is 28.8 Å². The van der Waals surface area contributed by atoms with Crippen molar-refractivity contribution in [1.29, 1.82) is 0 Å². The molecule has 1 aliphatic carbocycles. The molecule has 4 atom stereocenters. The molecular formula is C29H41N3O3. The minimum atomic E-state index is -0.578. The second-order valence-corrected chi connectivity index (χ2v) is 11.2. The van der Waals surface area contributed by atoms with Crippen LogP contribution in [0.4, 0.5) is 0 Å². The van der Waals surface area contributed by atoms with Gasteiger partial charge >= 0.3 is 0 Å². The molecule has 2 aliphatic heterocycles. The van der Waals surface area contributed by atoms with Crippen molar-refractivity contribution in [2.45, 2.75) is 115 Å². The van der Waals surface area contributed by atoms with Crippen LogP contribution >= 0.6 is 0 Å². The summed E-state index contributed by atoms with van der Waals surface area (Å²) in [4.78, 5) is 33.4. The Labute approximate surface area is 208 Å². The number of aromatic nitrogens is 2. The Hall–Kier alpha value is -2.05. The number of benzene rings is 1. The van der Waals surface area contributed by atoms with Crippen LogP contribution in [0.15, 0.2) is 29.1 Å². The average Bonchev–Trinajstić information content (AvgIpc) is 2.82. The Kier molecular flexibility index (Phi) is 7.68. The number of rotatable bonds is 6. The molecule has 190 valence electrons. The van der Waals surface area contributed by atoms with E-state index in [1.54, 1.807) is 0 Å². The highest BCUT2D eigenvalue weighted by Gasteiger charge is 2.42. The molecule has 35 heavy (non-hydrogen) atoms. The van der Waals surface area contributed by atoms with Gasteiger partial charge in [0.1, 0.15) is 11.5 Å². The lowest BCUT2D eigenvalue weighted by molar-refractivity contribution is -0.121. The highest BCUT2D eigenvalue weighted by molar-refractivity contribution is 5.79. The number of ketones is 1. The molecule has 6 nitrogen and oxygen atoms in total. The maximum Gasteiger partial charge on any atom is 0.273 e. The van der Waals surface area contributed by atoms with Crippen LogP contribution in [0.25, 0.3) is 11.0 Å². The number of Topliss-reactive ketones (excluding diaryl/α,β-unsaturated/α-hetero) is 1. The van der Waals surface area contributed by atoms with Gasteiger partial charge in [0.05, 0.1) is 17.6 Å². The Morgan fingerprint density at radius 2 is 1.57 bits per heavy atom. The highest BCUT2D eigenvalue weighted by Crippen LogP contribution is 2.42. The zero-order chi connectivity index (χ0) is 24.4. The smallest absolute Gasteiger partial charge is 0.273 e. The van der Waals surface area contributed by atoms with Gasteiger partial charge in [0.15, 0.2) is 0 Å². The normalized spacial score (nSPS) is 27.3. The lowest BCUT2D eigenvalue weighted by Crippen LogP contribution is -2.57. The predicted molar refractivity (Wildman–Crippen MR) is 139 cm³/mol. The summed E-state index contributed by atoms with van der Waals surface area (Å²) in [5.41, 5.74) is 2.03. The molecule has 3 fully saturated rings. The van der Waals surface area contributed by atoms with Gasteiger partial charge in [0, 0.05) is 36.5 Å². The number of carbonyl (C=O) groups is 1. The zero-order valence-electron chi connectivity index (χ0n) is 21.2. The topological polar surface area (TPSA) is 75.4 Å². The highest BCUT2D eigenvalue weighted by atomic mass is 16.3. The Balaban J connectivity index is 1.48. The van der Waals surface area contributed by atoms with Crippen LogP contribution in [-0.2, 0) is 11.2 Å². The van der Waals surface area contributed by atoms with E-state index in [-0.39, 0.29) is 30.4 Å². The van der Waals surface area contributed by atoms with Crippen LogP contribution in [-0.4, -0.2) is 50.1 Å². The monoisotopic (exact) mass is 479 g/mol. The molecule has 0 spiro atoms. The molecule has 0 radical (unpaired) electrons. The number of para-hydroxylation sites is 2. The molecule has 1 aromatic heterocycles. The van der Waals surface area contributed by atoms with E-state index in [1.165, 1.54) is 71.1 Å². The van der Waals surface area contributed by atoms with E-state index < -0.39 is 5.92 Å². The minimum Gasteiger partial charge on any atom is -0.396 e. The molecule has 1 unspecified atom stereocenters. The van der Waals surface area contributed by atoms with Gasteiger partial charge in [-0.05, 0) is 57.6 Å². The van der Waals surface area contributed by atoms with Gasteiger partial charge in [0.25, 0.3) is 5.56 Å². The number of aliphatic hydroxyl groups excluding tert-OH is 1. The molecule has 3 heterocycles. The van der Waals surface area contributed by atoms with Crippen molar-refractivity contribution in [2.24, 2.45) is 5.92 Å². The minimum absolute atomic E-state index is 0.0779. The van der Waals surface area contributed by atoms with Gasteiger partial charge in [-0.15, -0.1) is 0 Å². The number of hydrogen-bond acceptors (Lipinski definition) is 5. The number of piperidine rings is 2. The van der Waals surface area contributed by atoms with Gasteiger partial charge < -0.3 is 9.67 Å². The van der Waals surface area contributed by atoms with Crippen molar-refractivity contribution >= 4 is 16.8 Å². The predicted octanol–water partition coefficient (Wildman–Crippen LogP) is 4.81. The van der Waals surface area contributed by atoms with Crippen LogP contribution in [0.2, 0.25) is 0 Å². The number of nitrogens with zero attached hydrogens (tertiary/aromatic N) is 3. The van der Waals surface area contributed by atoms with E-state index in [4.69, 9.17) is 0 Å². The first-order chi connectivity index (χ1) is 17.1. The van der Waals surface area contributed by atoms with Crippen LogP contribution < -0.4 is 5.56 Å². The third kappa shape index (κ3) is 5.10.